The van der Waals surface area contributed by atoms with Crippen LogP contribution in [0.1, 0.15) is 17.5 Å². The fourth-order valence-corrected chi connectivity index (χ4v) is 7.16. The van der Waals surface area contributed by atoms with Gasteiger partial charge in [0.1, 0.15) is 0 Å². The van der Waals surface area contributed by atoms with Gasteiger partial charge in [0.2, 0.25) is 0 Å². The van der Waals surface area contributed by atoms with E-state index in [4.69, 9.17) is 0 Å². The van der Waals surface area contributed by atoms with Crippen LogP contribution < -0.4 is 15.6 Å². The van der Waals surface area contributed by atoms with Gasteiger partial charge in [-0.3, -0.25) is 0 Å². The van der Waals surface area contributed by atoms with Crippen LogP contribution in [0, 0.1) is 0 Å². The minimum absolute atomic E-state index is 1.09. The summed E-state index contributed by atoms with van der Waals surface area (Å²) in [7, 11) is -1.09. The van der Waals surface area contributed by atoms with E-state index in [0.29, 0.717) is 0 Å². The van der Waals surface area contributed by atoms with Crippen molar-refractivity contribution in [2.45, 2.75) is 12.8 Å². The lowest BCUT2D eigenvalue weighted by Gasteiger charge is -2.23. The molecule has 0 nitrogen and oxygen atoms in total. The van der Waals surface area contributed by atoms with Crippen molar-refractivity contribution in [3.8, 4) is 0 Å². The van der Waals surface area contributed by atoms with E-state index >= 15 is 0 Å². The number of hydrogen-bond donors (Lipinski definition) is 0. The van der Waals surface area contributed by atoms with Crippen LogP contribution >= 0.6 is 0 Å². The molecular formula is C26H21Si. The quantitative estimate of drug-likeness (QED) is 0.377. The van der Waals surface area contributed by atoms with Crippen molar-refractivity contribution in [3.05, 3.63) is 108 Å². The maximum Gasteiger partial charge on any atom is 0.156 e. The summed E-state index contributed by atoms with van der Waals surface area (Å²) in [6.45, 7) is 0. The molecule has 0 atom stereocenters. The fraction of sp³-hybridized carbons (Fsp3) is 0.0769. The number of aryl methyl sites for hydroxylation is 1. The van der Waals surface area contributed by atoms with Gasteiger partial charge in [0.05, 0.1) is 0 Å². The average Bonchev–Trinajstić information content (AvgIpc) is 2.75. The van der Waals surface area contributed by atoms with Crippen molar-refractivity contribution in [2.75, 3.05) is 0 Å². The molecule has 1 aliphatic carbocycles. The Morgan fingerprint density at radius 1 is 0.630 bits per heavy atom. The summed E-state index contributed by atoms with van der Waals surface area (Å²) in [6.07, 6.45) is 6.99. The number of rotatable bonds is 3. The molecule has 129 valence electrons. The molecule has 0 unspecified atom stereocenters. The lowest BCUT2D eigenvalue weighted by Crippen LogP contribution is -2.53. The van der Waals surface area contributed by atoms with E-state index in [2.05, 4.69) is 103 Å². The molecule has 0 amide bonds. The SMILES string of the molecule is C1=Cc2c(cccc2[Si](c2ccccc2)c2cccc3ccccc23)CC1. The number of allylic oxidation sites excluding steroid dienone is 1. The van der Waals surface area contributed by atoms with Crippen molar-refractivity contribution < 1.29 is 0 Å². The third-order valence-corrected chi connectivity index (χ3v) is 8.31. The van der Waals surface area contributed by atoms with E-state index in [1.54, 1.807) is 0 Å². The lowest BCUT2D eigenvalue weighted by molar-refractivity contribution is 0.988. The Labute approximate surface area is 162 Å². The second-order valence-electron chi connectivity index (χ2n) is 7.09. The van der Waals surface area contributed by atoms with Crippen molar-refractivity contribution in [2.24, 2.45) is 0 Å². The molecule has 0 saturated carbocycles. The topological polar surface area (TPSA) is 0 Å². The largest absolute Gasteiger partial charge is 0.156 e. The van der Waals surface area contributed by atoms with Gasteiger partial charge in [0.25, 0.3) is 0 Å². The molecule has 0 fully saturated rings. The van der Waals surface area contributed by atoms with E-state index in [1.165, 1.54) is 37.5 Å². The van der Waals surface area contributed by atoms with Crippen molar-refractivity contribution in [1.29, 1.82) is 0 Å². The van der Waals surface area contributed by atoms with Crippen molar-refractivity contribution >= 4 is 41.2 Å². The second-order valence-corrected chi connectivity index (χ2v) is 9.49. The van der Waals surface area contributed by atoms with Gasteiger partial charge in [-0.15, -0.1) is 0 Å². The monoisotopic (exact) mass is 361 g/mol. The highest BCUT2D eigenvalue weighted by atomic mass is 28.3. The molecule has 0 spiro atoms. The predicted molar refractivity (Wildman–Crippen MR) is 119 cm³/mol. The molecule has 0 aliphatic heterocycles. The average molecular weight is 362 g/mol. The van der Waals surface area contributed by atoms with Crippen LogP contribution in [0.3, 0.4) is 0 Å². The Kier molecular flexibility index (Phi) is 4.23. The molecule has 1 heteroatoms. The predicted octanol–water partition coefficient (Wildman–Crippen LogP) is 4.32. The van der Waals surface area contributed by atoms with Gasteiger partial charge in [-0.25, -0.2) is 0 Å². The van der Waals surface area contributed by atoms with Gasteiger partial charge >= 0.3 is 0 Å². The Bertz CT molecular complexity index is 1120. The van der Waals surface area contributed by atoms with Crippen LogP contribution in [0.15, 0.2) is 97.1 Å². The maximum atomic E-state index is 2.36. The van der Waals surface area contributed by atoms with Gasteiger partial charge in [0, 0.05) is 0 Å². The molecule has 4 aromatic rings. The van der Waals surface area contributed by atoms with E-state index in [-0.39, 0.29) is 0 Å². The maximum absolute atomic E-state index is 2.36. The molecule has 27 heavy (non-hydrogen) atoms. The molecule has 0 bridgehead atoms. The fourth-order valence-electron chi connectivity index (χ4n) is 4.19. The van der Waals surface area contributed by atoms with Crippen LogP contribution in [0.4, 0.5) is 0 Å². The van der Waals surface area contributed by atoms with E-state index in [1.807, 2.05) is 0 Å². The summed E-state index contributed by atoms with van der Waals surface area (Å²) in [5.41, 5.74) is 2.95. The summed E-state index contributed by atoms with van der Waals surface area (Å²) in [5, 5.41) is 7.16. The molecule has 0 N–H and O–H groups in total. The third-order valence-electron chi connectivity index (χ3n) is 5.45. The smallest absolute Gasteiger partial charge is 0.0836 e. The van der Waals surface area contributed by atoms with E-state index < -0.39 is 8.80 Å². The summed E-state index contributed by atoms with van der Waals surface area (Å²) in [4.78, 5) is 0. The highest BCUT2D eigenvalue weighted by Gasteiger charge is 2.25. The zero-order valence-electron chi connectivity index (χ0n) is 15.2. The van der Waals surface area contributed by atoms with Gasteiger partial charge in [-0.05, 0) is 45.1 Å². The molecule has 5 rings (SSSR count). The molecule has 1 aliphatic rings. The molecule has 0 heterocycles. The molecule has 0 saturated heterocycles. The minimum Gasteiger partial charge on any atom is -0.0836 e. The first-order valence-electron chi connectivity index (χ1n) is 9.61. The third kappa shape index (κ3) is 2.94. The lowest BCUT2D eigenvalue weighted by atomic mass is 9.98. The zero-order chi connectivity index (χ0) is 18.1. The Morgan fingerprint density at radius 2 is 1.37 bits per heavy atom. The van der Waals surface area contributed by atoms with Gasteiger partial charge in [-0.2, -0.15) is 0 Å². The van der Waals surface area contributed by atoms with Crippen LogP contribution in [-0.4, -0.2) is 8.80 Å². The van der Waals surface area contributed by atoms with Gasteiger partial charge in [0.15, 0.2) is 8.80 Å². The summed E-state index contributed by atoms with van der Waals surface area (Å²) >= 11 is 0. The van der Waals surface area contributed by atoms with Crippen LogP contribution in [0.2, 0.25) is 0 Å². The zero-order valence-corrected chi connectivity index (χ0v) is 16.2. The standard InChI is InChI=1S/C26H21Si/c1-2-14-22(15-3-1)27(25-18-8-12-20-10-4-6-16-23(20)25)26-19-9-13-21-11-5-7-17-24(21)26/h1-4,6-10,12-19H,5,11H2. The summed E-state index contributed by atoms with van der Waals surface area (Å²) in [5.74, 6) is 0. The van der Waals surface area contributed by atoms with E-state index in [0.717, 1.165) is 12.8 Å². The molecular weight excluding hydrogens is 340 g/mol. The number of benzene rings is 4. The van der Waals surface area contributed by atoms with Gasteiger partial charge in [-0.1, -0.05) is 108 Å². The van der Waals surface area contributed by atoms with Gasteiger partial charge < -0.3 is 0 Å². The van der Waals surface area contributed by atoms with Crippen molar-refractivity contribution in [3.63, 3.8) is 0 Å². The Morgan fingerprint density at radius 3 is 2.30 bits per heavy atom. The van der Waals surface area contributed by atoms with Crippen LogP contribution in [0.25, 0.3) is 16.8 Å². The van der Waals surface area contributed by atoms with Crippen LogP contribution in [-0.2, 0) is 6.42 Å². The number of hydrogen-bond acceptors (Lipinski definition) is 0. The number of fused-ring (bicyclic) bond motifs is 2. The normalized spacial score (nSPS) is 13.1. The highest BCUT2D eigenvalue weighted by Crippen LogP contribution is 2.19. The second kappa shape index (κ2) is 7.01. The van der Waals surface area contributed by atoms with Crippen LogP contribution in [0.5, 0.6) is 0 Å². The minimum atomic E-state index is -1.09. The van der Waals surface area contributed by atoms with E-state index in [9.17, 15) is 0 Å². The molecule has 1 radical (unpaired) electrons. The first-order chi connectivity index (χ1) is 13.4. The highest BCUT2D eigenvalue weighted by molar-refractivity contribution is 6.97. The summed E-state index contributed by atoms with van der Waals surface area (Å²) in [6, 6.07) is 33.6. The first kappa shape index (κ1) is 16.3. The first-order valence-corrected chi connectivity index (χ1v) is 11.1. The molecule has 0 aromatic heterocycles. The molecule has 4 aromatic carbocycles. The Hall–Kier alpha value is -2.90. The Balaban J connectivity index is 1.81. The van der Waals surface area contributed by atoms with Crippen molar-refractivity contribution in [1.82, 2.24) is 0 Å². The summed E-state index contributed by atoms with van der Waals surface area (Å²) < 4.78 is 0.